The molecule has 180 valence electrons. The number of nitrogens with one attached hydrogen (secondary N) is 2. The molecule has 1 aliphatic carbocycles. The molecular formula is C24H33IN4O4. The number of ether oxygens (including phenoxy) is 4. The fourth-order valence-corrected chi connectivity index (χ4v) is 3.23. The van der Waals surface area contributed by atoms with Crippen LogP contribution in [0.5, 0.6) is 17.4 Å². The summed E-state index contributed by atoms with van der Waals surface area (Å²) in [6.07, 6.45) is 6.20. The average Bonchev–Trinajstić information content (AvgIpc) is 3.67. The minimum absolute atomic E-state index is 0. The molecule has 2 N–H and O–H groups in total. The molecule has 8 nitrogen and oxygen atoms in total. The lowest BCUT2D eigenvalue weighted by molar-refractivity contribution is 0.123. The van der Waals surface area contributed by atoms with Crippen molar-refractivity contribution in [3.05, 3.63) is 42.1 Å². The van der Waals surface area contributed by atoms with E-state index in [0.29, 0.717) is 31.6 Å². The fourth-order valence-electron chi connectivity index (χ4n) is 3.23. The van der Waals surface area contributed by atoms with Crippen molar-refractivity contribution in [2.45, 2.75) is 32.2 Å². The van der Waals surface area contributed by atoms with Gasteiger partial charge in [-0.15, -0.1) is 24.0 Å². The number of benzene rings is 1. The Labute approximate surface area is 212 Å². The van der Waals surface area contributed by atoms with Crippen molar-refractivity contribution < 1.29 is 18.9 Å². The molecule has 0 radical (unpaired) electrons. The molecule has 0 bridgehead atoms. The van der Waals surface area contributed by atoms with E-state index < -0.39 is 0 Å². The number of halogens is 1. The van der Waals surface area contributed by atoms with Gasteiger partial charge in [-0.05, 0) is 42.9 Å². The number of pyridine rings is 1. The van der Waals surface area contributed by atoms with Crippen LogP contribution in [0.1, 0.15) is 31.2 Å². The highest BCUT2D eigenvalue weighted by Gasteiger charge is 2.20. The summed E-state index contributed by atoms with van der Waals surface area (Å²) < 4.78 is 22.4. The van der Waals surface area contributed by atoms with Crippen molar-refractivity contribution in [2.24, 2.45) is 10.9 Å². The maximum Gasteiger partial charge on any atom is 0.212 e. The Balaban J connectivity index is 0.00000306. The van der Waals surface area contributed by atoms with Gasteiger partial charge < -0.3 is 29.6 Å². The summed E-state index contributed by atoms with van der Waals surface area (Å²) in [7, 11) is 1.61. The van der Waals surface area contributed by atoms with Crippen LogP contribution in [0, 0.1) is 5.92 Å². The summed E-state index contributed by atoms with van der Waals surface area (Å²) in [4.78, 5) is 8.98. The first kappa shape index (κ1) is 25.4. The van der Waals surface area contributed by atoms with Crippen LogP contribution < -0.4 is 24.8 Å². The van der Waals surface area contributed by atoms with Gasteiger partial charge in [0.15, 0.2) is 17.5 Å². The van der Waals surface area contributed by atoms with E-state index in [4.69, 9.17) is 23.9 Å². The minimum Gasteiger partial charge on any atom is -0.490 e. The van der Waals surface area contributed by atoms with E-state index in [-0.39, 0.29) is 24.0 Å². The number of fused-ring (bicyclic) bond motifs is 1. The van der Waals surface area contributed by atoms with E-state index in [1.807, 2.05) is 30.3 Å². The number of methoxy groups -OCH3 is 1. The Morgan fingerprint density at radius 1 is 1.15 bits per heavy atom. The molecule has 1 aromatic heterocycles. The number of anilines is 1. The van der Waals surface area contributed by atoms with E-state index >= 15 is 0 Å². The minimum atomic E-state index is 0. The zero-order valence-electron chi connectivity index (χ0n) is 19.0. The Hall–Kier alpha value is -2.27. The van der Waals surface area contributed by atoms with Gasteiger partial charge in [0, 0.05) is 50.2 Å². The van der Waals surface area contributed by atoms with Gasteiger partial charge in [-0.25, -0.2) is 9.98 Å². The average molecular weight is 568 g/mol. The Morgan fingerprint density at radius 2 is 2.00 bits per heavy atom. The number of guanidine groups is 1. The van der Waals surface area contributed by atoms with E-state index in [2.05, 4.69) is 15.6 Å². The molecule has 9 heteroatoms. The number of rotatable bonds is 10. The molecule has 1 fully saturated rings. The second-order valence-corrected chi connectivity index (χ2v) is 8.01. The second-order valence-electron chi connectivity index (χ2n) is 8.01. The molecule has 0 unspecified atom stereocenters. The lowest BCUT2D eigenvalue weighted by atomic mass is 10.2. The van der Waals surface area contributed by atoms with Gasteiger partial charge in [-0.2, -0.15) is 0 Å². The summed E-state index contributed by atoms with van der Waals surface area (Å²) in [6.45, 7) is 4.23. The fraction of sp³-hybridized carbons (Fsp3) is 0.500. The summed E-state index contributed by atoms with van der Waals surface area (Å²) in [6, 6.07) is 9.66. The van der Waals surface area contributed by atoms with E-state index in [0.717, 1.165) is 61.3 Å². The smallest absolute Gasteiger partial charge is 0.212 e. The highest BCUT2D eigenvalue weighted by atomic mass is 127. The quantitative estimate of drug-likeness (QED) is 0.192. The third-order valence-corrected chi connectivity index (χ3v) is 5.25. The predicted molar refractivity (Wildman–Crippen MR) is 139 cm³/mol. The number of aliphatic imine (C=N–C) groups is 1. The molecule has 4 rings (SSSR count). The van der Waals surface area contributed by atoms with Crippen molar-refractivity contribution in [3.8, 4) is 17.4 Å². The molecule has 33 heavy (non-hydrogen) atoms. The van der Waals surface area contributed by atoms with Gasteiger partial charge in [0.2, 0.25) is 5.88 Å². The summed E-state index contributed by atoms with van der Waals surface area (Å²) >= 11 is 0. The molecule has 2 aliphatic rings. The molecule has 0 amide bonds. The number of nitrogens with zero attached hydrogens (tertiary/aromatic N) is 2. The highest BCUT2D eigenvalue weighted by Crippen LogP contribution is 2.32. The zero-order chi connectivity index (χ0) is 22.0. The van der Waals surface area contributed by atoms with Crippen LogP contribution in [0.3, 0.4) is 0 Å². The van der Waals surface area contributed by atoms with Gasteiger partial charge >= 0.3 is 0 Å². The standard InChI is InChI=1S/C24H32N4O4.HI/c1-29-23-9-6-19(15-26-23)16-27-24(25-10-2-11-30-17-18-4-5-18)28-20-7-8-21-22(14-20)32-13-3-12-31-21;/h6-9,14-15,18H,2-5,10-13,16-17H2,1H3,(H2,25,27,28);1H. The van der Waals surface area contributed by atoms with Crippen LogP contribution in [-0.2, 0) is 11.3 Å². The maximum atomic E-state index is 5.81. The Morgan fingerprint density at radius 3 is 2.76 bits per heavy atom. The molecule has 1 saturated carbocycles. The van der Waals surface area contributed by atoms with Crippen molar-refractivity contribution in [2.75, 3.05) is 45.4 Å². The third-order valence-electron chi connectivity index (χ3n) is 5.25. The van der Waals surface area contributed by atoms with Crippen LogP contribution in [0.2, 0.25) is 0 Å². The van der Waals surface area contributed by atoms with E-state index in [9.17, 15) is 0 Å². The first-order valence-corrected chi connectivity index (χ1v) is 11.3. The SMILES string of the molecule is COc1ccc(CN=C(NCCCOCC2CC2)Nc2ccc3c(c2)OCCCO3)cn1.I. The van der Waals surface area contributed by atoms with Crippen LogP contribution >= 0.6 is 24.0 Å². The zero-order valence-corrected chi connectivity index (χ0v) is 21.4. The van der Waals surface area contributed by atoms with Gasteiger partial charge in [0.25, 0.3) is 0 Å². The van der Waals surface area contributed by atoms with Crippen LogP contribution in [-0.4, -0.2) is 51.0 Å². The number of hydrogen-bond donors (Lipinski definition) is 2. The first-order valence-electron chi connectivity index (χ1n) is 11.3. The van der Waals surface area contributed by atoms with Crippen LogP contribution in [0.15, 0.2) is 41.5 Å². The largest absolute Gasteiger partial charge is 0.490 e. The number of hydrogen-bond acceptors (Lipinski definition) is 6. The normalized spacial score (nSPS) is 15.2. The van der Waals surface area contributed by atoms with E-state index in [1.165, 1.54) is 12.8 Å². The van der Waals surface area contributed by atoms with Gasteiger partial charge in [-0.3, -0.25) is 0 Å². The second kappa shape index (κ2) is 13.4. The third kappa shape index (κ3) is 8.54. The molecule has 0 saturated heterocycles. The Kier molecular flexibility index (Phi) is 10.3. The van der Waals surface area contributed by atoms with Crippen molar-refractivity contribution in [3.63, 3.8) is 0 Å². The molecular weight excluding hydrogens is 535 g/mol. The molecule has 0 atom stereocenters. The maximum absolute atomic E-state index is 5.81. The summed E-state index contributed by atoms with van der Waals surface area (Å²) in [5.41, 5.74) is 1.89. The molecule has 2 aromatic rings. The molecule has 0 spiro atoms. The Bertz CT molecular complexity index is 891. The number of aromatic nitrogens is 1. The van der Waals surface area contributed by atoms with Crippen molar-refractivity contribution >= 4 is 35.6 Å². The summed E-state index contributed by atoms with van der Waals surface area (Å²) in [5, 5.41) is 6.78. The van der Waals surface area contributed by atoms with Crippen molar-refractivity contribution in [1.29, 1.82) is 0 Å². The topological polar surface area (TPSA) is 86.2 Å². The highest BCUT2D eigenvalue weighted by molar-refractivity contribution is 14.0. The predicted octanol–water partition coefficient (Wildman–Crippen LogP) is 4.24. The molecule has 2 heterocycles. The lowest BCUT2D eigenvalue weighted by Gasteiger charge is -2.15. The van der Waals surface area contributed by atoms with Crippen molar-refractivity contribution in [1.82, 2.24) is 10.3 Å². The van der Waals surface area contributed by atoms with Gasteiger partial charge in [0.05, 0.1) is 26.9 Å². The van der Waals surface area contributed by atoms with Gasteiger partial charge in [-0.1, -0.05) is 6.07 Å². The lowest BCUT2D eigenvalue weighted by Crippen LogP contribution is -2.32. The molecule has 1 aromatic carbocycles. The first-order chi connectivity index (χ1) is 15.8. The monoisotopic (exact) mass is 568 g/mol. The van der Waals surface area contributed by atoms with Crippen LogP contribution in [0.4, 0.5) is 5.69 Å². The van der Waals surface area contributed by atoms with E-state index in [1.54, 1.807) is 13.3 Å². The summed E-state index contributed by atoms with van der Waals surface area (Å²) in [5.74, 6) is 3.60. The van der Waals surface area contributed by atoms with Crippen LogP contribution in [0.25, 0.3) is 0 Å². The molecule has 1 aliphatic heterocycles. The van der Waals surface area contributed by atoms with Gasteiger partial charge in [0.1, 0.15) is 0 Å².